The summed E-state index contributed by atoms with van der Waals surface area (Å²) in [4.78, 5) is 11.0. The molecule has 0 aliphatic heterocycles. The van der Waals surface area contributed by atoms with Crippen LogP contribution in [0.3, 0.4) is 0 Å². The fraction of sp³-hybridized carbons (Fsp3) is 0.214. The SMILES string of the molecule is CC(C)c1cccc(Oc2ccc([C]=O)s2)c1. The molecule has 0 fully saturated rings. The number of carbonyl (C=O) groups excluding carboxylic acids is 1. The van der Waals surface area contributed by atoms with Crippen LogP contribution in [0.4, 0.5) is 0 Å². The number of hydrogen-bond donors (Lipinski definition) is 0. The molecule has 1 radical (unpaired) electrons. The van der Waals surface area contributed by atoms with Crippen molar-refractivity contribution >= 4 is 17.6 Å². The lowest BCUT2D eigenvalue weighted by molar-refractivity contribution is 0.495. The van der Waals surface area contributed by atoms with E-state index in [1.165, 1.54) is 16.9 Å². The van der Waals surface area contributed by atoms with Gasteiger partial charge in [-0.1, -0.05) is 37.3 Å². The van der Waals surface area contributed by atoms with Crippen molar-refractivity contribution < 1.29 is 9.53 Å². The number of hydrogen-bond acceptors (Lipinski definition) is 3. The molecule has 0 N–H and O–H groups in total. The van der Waals surface area contributed by atoms with Crippen LogP contribution in [0.15, 0.2) is 36.4 Å². The van der Waals surface area contributed by atoms with Crippen molar-refractivity contribution in [1.82, 2.24) is 0 Å². The lowest BCUT2D eigenvalue weighted by atomic mass is 10.0. The zero-order valence-electron chi connectivity index (χ0n) is 9.77. The minimum Gasteiger partial charge on any atom is -0.447 e. The van der Waals surface area contributed by atoms with Crippen LogP contribution in [0.5, 0.6) is 10.8 Å². The molecule has 0 unspecified atom stereocenters. The summed E-state index contributed by atoms with van der Waals surface area (Å²) in [7, 11) is 0. The van der Waals surface area contributed by atoms with Gasteiger partial charge in [-0.15, -0.1) is 0 Å². The van der Waals surface area contributed by atoms with E-state index in [2.05, 4.69) is 19.9 Å². The largest absolute Gasteiger partial charge is 0.447 e. The fourth-order valence-corrected chi connectivity index (χ4v) is 2.15. The van der Waals surface area contributed by atoms with Gasteiger partial charge < -0.3 is 4.74 Å². The highest BCUT2D eigenvalue weighted by atomic mass is 32.1. The molecule has 1 heterocycles. The van der Waals surface area contributed by atoms with Gasteiger partial charge in [0.05, 0.1) is 4.88 Å². The Morgan fingerprint density at radius 1 is 1.24 bits per heavy atom. The Morgan fingerprint density at radius 2 is 2.06 bits per heavy atom. The number of rotatable bonds is 4. The molecule has 2 rings (SSSR count). The Hall–Kier alpha value is -1.61. The first-order valence-electron chi connectivity index (χ1n) is 5.45. The molecule has 2 nitrogen and oxygen atoms in total. The van der Waals surface area contributed by atoms with Crippen molar-refractivity contribution in [1.29, 1.82) is 0 Å². The van der Waals surface area contributed by atoms with Crippen molar-refractivity contribution in [2.75, 3.05) is 0 Å². The van der Waals surface area contributed by atoms with Gasteiger partial charge in [-0.2, -0.15) is 0 Å². The molecule has 0 amide bonds. The van der Waals surface area contributed by atoms with Gasteiger partial charge in [0.15, 0.2) is 5.06 Å². The van der Waals surface area contributed by atoms with E-state index in [-0.39, 0.29) is 0 Å². The molecule has 3 heteroatoms. The van der Waals surface area contributed by atoms with Crippen LogP contribution < -0.4 is 4.74 Å². The molecule has 2 aromatic rings. The van der Waals surface area contributed by atoms with Gasteiger partial charge in [-0.3, -0.25) is 4.79 Å². The minimum atomic E-state index is 0.473. The molecular formula is C14H13O2S. The van der Waals surface area contributed by atoms with Gasteiger partial charge in [0.1, 0.15) is 5.75 Å². The number of ether oxygens (including phenoxy) is 1. The predicted octanol–water partition coefficient (Wildman–Crippen LogP) is 4.12. The van der Waals surface area contributed by atoms with Gasteiger partial charge in [0, 0.05) is 0 Å². The van der Waals surface area contributed by atoms with E-state index in [4.69, 9.17) is 4.74 Å². The molecule has 1 aromatic carbocycles. The van der Waals surface area contributed by atoms with Gasteiger partial charge in [0.2, 0.25) is 6.29 Å². The normalized spacial score (nSPS) is 10.5. The summed E-state index contributed by atoms with van der Waals surface area (Å²) in [6, 6.07) is 11.5. The zero-order valence-corrected chi connectivity index (χ0v) is 10.6. The fourth-order valence-electron chi connectivity index (χ4n) is 1.48. The summed E-state index contributed by atoms with van der Waals surface area (Å²) in [6.07, 6.45) is 1.85. The van der Waals surface area contributed by atoms with Crippen LogP contribution in [0.2, 0.25) is 0 Å². The van der Waals surface area contributed by atoms with Crippen molar-refractivity contribution in [3.63, 3.8) is 0 Å². The predicted molar refractivity (Wildman–Crippen MR) is 69.7 cm³/mol. The van der Waals surface area contributed by atoms with Crippen LogP contribution in [0.1, 0.15) is 30.2 Å². The van der Waals surface area contributed by atoms with Crippen LogP contribution in [-0.4, -0.2) is 6.29 Å². The third kappa shape index (κ3) is 2.94. The van der Waals surface area contributed by atoms with Crippen LogP contribution in [0, 0.1) is 0 Å². The van der Waals surface area contributed by atoms with E-state index in [1.54, 1.807) is 12.1 Å². The molecule has 0 aliphatic rings. The molecular weight excluding hydrogens is 232 g/mol. The van der Waals surface area contributed by atoms with Gasteiger partial charge >= 0.3 is 0 Å². The van der Waals surface area contributed by atoms with Crippen molar-refractivity contribution in [2.24, 2.45) is 0 Å². The molecule has 0 bridgehead atoms. The van der Waals surface area contributed by atoms with Gasteiger partial charge in [-0.05, 0) is 35.7 Å². The highest BCUT2D eigenvalue weighted by molar-refractivity contribution is 7.15. The Bertz CT molecular complexity index is 514. The maximum absolute atomic E-state index is 10.4. The van der Waals surface area contributed by atoms with Crippen LogP contribution in [0.25, 0.3) is 0 Å². The van der Waals surface area contributed by atoms with E-state index < -0.39 is 0 Å². The van der Waals surface area contributed by atoms with E-state index in [0.717, 1.165) is 5.75 Å². The third-order valence-corrected chi connectivity index (χ3v) is 3.29. The first-order chi connectivity index (χ1) is 8.19. The van der Waals surface area contributed by atoms with Crippen molar-refractivity contribution in [3.05, 3.63) is 46.8 Å². The van der Waals surface area contributed by atoms with Crippen molar-refractivity contribution in [2.45, 2.75) is 19.8 Å². The smallest absolute Gasteiger partial charge is 0.244 e. The molecule has 1 aromatic heterocycles. The van der Waals surface area contributed by atoms with Gasteiger partial charge in [0.25, 0.3) is 0 Å². The second-order valence-corrected chi connectivity index (χ2v) is 5.10. The highest BCUT2D eigenvalue weighted by Gasteiger charge is 2.04. The molecule has 0 saturated carbocycles. The van der Waals surface area contributed by atoms with E-state index >= 15 is 0 Å². The quantitative estimate of drug-likeness (QED) is 0.809. The summed E-state index contributed by atoms with van der Waals surface area (Å²) in [5, 5.41) is 0.712. The molecule has 0 atom stereocenters. The standard InChI is InChI=1S/C14H13O2S/c1-10(2)11-4-3-5-12(8-11)16-14-7-6-13(9-15)17-14/h3-8,10H,1-2H3. The summed E-state index contributed by atoms with van der Waals surface area (Å²) in [6.45, 7) is 4.29. The average Bonchev–Trinajstić information content (AvgIpc) is 2.77. The van der Waals surface area contributed by atoms with Crippen LogP contribution >= 0.6 is 11.3 Å². The first kappa shape index (κ1) is 11.9. The molecule has 0 aliphatic carbocycles. The second-order valence-electron chi connectivity index (χ2n) is 4.05. The second kappa shape index (κ2) is 5.15. The Labute approximate surface area is 105 Å². The number of thiophene rings is 1. The maximum Gasteiger partial charge on any atom is 0.244 e. The Morgan fingerprint density at radius 3 is 2.71 bits per heavy atom. The third-order valence-electron chi connectivity index (χ3n) is 2.43. The molecule has 17 heavy (non-hydrogen) atoms. The van der Waals surface area contributed by atoms with Crippen molar-refractivity contribution in [3.8, 4) is 10.8 Å². The van der Waals surface area contributed by atoms with E-state index in [1.807, 2.05) is 24.5 Å². The van der Waals surface area contributed by atoms with Crippen LogP contribution in [-0.2, 0) is 4.79 Å². The summed E-state index contributed by atoms with van der Waals surface area (Å²) >= 11 is 1.30. The lowest BCUT2D eigenvalue weighted by Gasteiger charge is -2.08. The van der Waals surface area contributed by atoms with Gasteiger partial charge in [-0.25, -0.2) is 0 Å². The lowest BCUT2D eigenvalue weighted by Crippen LogP contribution is -1.88. The highest BCUT2D eigenvalue weighted by Crippen LogP contribution is 2.30. The maximum atomic E-state index is 10.4. The monoisotopic (exact) mass is 245 g/mol. The summed E-state index contributed by atoms with van der Waals surface area (Å²) in [5.74, 6) is 1.27. The van der Waals surface area contributed by atoms with E-state index in [0.29, 0.717) is 15.9 Å². The molecule has 0 saturated heterocycles. The minimum absolute atomic E-state index is 0.473. The zero-order chi connectivity index (χ0) is 12.3. The first-order valence-corrected chi connectivity index (χ1v) is 6.26. The Balaban J connectivity index is 2.17. The molecule has 0 spiro atoms. The summed E-state index contributed by atoms with van der Waals surface area (Å²) in [5.41, 5.74) is 1.24. The number of benzene rings is 1. The summed E-state index contributed by atoms with van der Waals surface area (Å²) < 4.78 is 5.69. The Kier molecular flexibility index (Phi) is 3.59. The topological polar surface area (TPSA) is 26.3 Å². The average molecular weight is 245 g/mol. The molecule has 87 valence electrons. The van der Waals surface area contributed by atoms with E-state index in [9.17, 15) is 4.79 Å².